The summed E-state index contributed by atoms with van der Waals surface area (Å²) in [6.07, 6.45) is 14.1. The van der Waals surface area contributed by atoms with Crippen molar-refractivity contribution in [1.29, 1.82) is 0 Å². The quantitative estimate of drug-likeness (QED) is 0.215. The summed E-state index contributed by atoms with van der Waals surface area (Å²) in [5, 5.41) is 0. The molecule has 4 aromatic rings. The van der Waals surface area contributed by atoms with Crippen LogP contribution >= 0.6 is 0 Å². The van der Waals surface area contributed by atoms with E-state index in [9.17, 15) is 0 Å². The van der Waals surface area contributed by atoms with Gasteiger partial charge in [0.25, 0.3) is 0 Å². The van der Waals surface area contributed by atoms with Crippen molar-refractivity contribution in [2.45, 2.75) is 12.8 Å². The molecule has 36 heavy (non-hydrogen) atoms. The lowest BCUT2D eigenvalue weighted by atomic mass is 9.96. The molecule has 4 aromatic carbocycles. The molecule has 0 atom stereocenters. The molecule has 0 saturated heterocycles. The SMILES string of the molecule is C(=CC=Cc1ccccc1)C=Cc1ccccc1.C=C(Cc1ccccc1)C(=C)Cc1ccccc1. The monoisotopic (exact) mass is 466 g/mol. The number of hydrogen-bond donors (Lipinski definition) is 0. The molecule has 0 spiro atoms. The first-order chi connectivity index (χ1) is 17.7. The molecule has 0 fully saturated rings. The van der Waals surface area contributed by atoms with Crippen molar-refractivity contribution in [3.63, 3.8) is 0 Å². The summed E-state index contributed by atoms with van der Waals surface area (Å²) in [6.45, 7) is 8.29. The lowest BCUT2D eigenvalue weighted by molar-refractivity contribution is 1.09. The second-order valence-electron chi connectivity index (χ2n) is 8.46. The molecule has 178 valence electrons. The minimum absolute atomic E-state index is 0.881. The molecule has 0 unspecified atom stereocenters. The van der Waals surface area contributed by atoms with E-state index >= 15 is 0 Å². The number of benzene rings is 4. The Morgan fingerprint density at radius 2 is 0.722 bits per heavy atom. The Labute approximate surface area is 217 Å². The van der Waals surface area contributed by atoms with Crippen LogP contribution in [-0.4, -0.2) is 0 Å². The van der Waals surface area contributed by atoms with Crippen LogP contribution in [0, 0.1) is 0 Å². The molecule has 0 aliphatic carbocycles. The summed E-state index contributed by atoms with van der Waals surface area (Å²) >= 11 is 0. The van der Waals surface area contributed by atoms with Crippen LogP contribution in [0.25, 0.3) is 12.2 Å². The van der Waals surface area contributed by atoms with E-state index in [0.717, 1.165) is 24.0 Å². The first-order valence-corrected chi connectivity index (χ1v) is 12.3. The van der Waals surface area contributed by atoms with Crippen LogP contribution in [0.2, 0.25) is 0 Å². The highest BCUT2D eigenvalue weighted by Crippen LogP contribution is 2.17. The predicted octanol–water partition coefficient (Wildman–Crippen LogP) is 9.55. The van der Waals surface area contributed by atoms with Crippen LogP contribution in [-0.2, 0) is 12.8 Å². The zero-order valence-electron chi connectivity index (χ0n) is 20.8. The fraction of sp³-hybridized carbons (Fsp3) is 0.0556. The molecule has 0 nitrogen and oxygen atoms in total. The highest BCUT2D eigenvalue weighted by molar-refractivity contribution is 5.53. The van der Waals surface area contributed by atoms with E-state index < -0.39 is 0 Å². The Morgan fingerprint density at radius 1 is 0.417 bits per heavy atom. The van der Waals surface area contributed by atoms with Crippen LogP contribution in [0.5, 0.6) is 0 Å². The van der Waals surface area contributed by atoms with E-state index in [-0.39, 0.29) is 0 Å². The van der Waals surface area contributed by atoms with Crippen molar-refractivity contribution in [2.75, 3.05) is 0 Å². The first-order valence-electron chi connectivity index (χ1n) is 12.3. The van der Waals surface area contributed by atoms with E-state index in [1.54, 1.807) is 0 Å². The van der Waals surface area contributed by atoms with Gasteiger partial charge in [0.05, 0.1) is 0 Å². The molecule has 0 bridgehead atoms. The summed E-state index contributed by atoms with van der Waals surface area (Å²) in [6, 6.07) is 41.4. The average molecular weight is 467 g/mol. The van der Waals surface area contributed by atoms with Crippen molar-refractivity contribution in [3.05, 3.63) is 192 Å². The van der Waals surface area contributed by atoms with Gasteiger partial charge in [-0.2, -0.15) is 0 Å². The molecule has 0 amide bonds. The van der Waals surface area contributed by atoms with E-state index in [1.165, 1.54) is 22.3 Å². The molecule has 4 rings (SSSR count). The van der Waals surface area contributed by atoms with Crippen LogP contribution < -0.4 is 0 Å². The summed E-state index contributed by atoms with van der Waals surface area (Å²) < 4.78 is 0. The van der Waals surface area contributed by atoms with E-state index in [4.69, 9.17) is 0 Å². The second kappa shape index (κ2) is 15.5. The lowest BCUT2D eigenvalue weighted by Gasteiger charge is -2.09. The Hall–Kier alpha value is -4.42. The number of rotatable bonds is 9. The molecule has 0 aromatic heterocycles. The van der Waals surface area contributed by atoms with E-state index in [0.29, 0.717) is 0 Å². The molecule has 0 heteroatoms. The molecule has 0 aliphatic heterocycles. The summed E-state index contributed by atoms with van der Waals surface area (Å²) in [5.74, 6) is 0. The normalized spacial score (nSPS) is 10.9. The van der Waals surface area contributed by atoms with Crippen molar-refractivity contribution < 1.29 is 0 Å². The summed E-state index contributed by atoms with van der Waals surface area (Å²) in [5.41, 5.74) is 7.24. The van der Waals surface area contributed by atoms with Gasteiger partial charge in [0.15, 0.2) is 0 Å². The molecule has 0 radical (unpaired) electrons. The van der Waals surface area contributed by atoms with E-state index in [2.05, 4.69) is 98.1 Å². The van der Waals surface area contributed by atoms with Gasteiger partial charge in [-0.1, -0.05) is 171 Å². The molecule has 0 N–H and O–H groups in total. The molecule has 0 aliphatic rings. The second-order valence-corrected chi connectivity index (χ2v) is 8.46. The maximum atomic E-state index is 4.15. The Balaban J connectivity index is 0.000000201. The molecular formula is C36H34. The van der Waals surface area contributed by atoms with Crippen molar-refractivity contribution >= 4 is 12.2 Å². The lowest BCUT2D eigenvalue weighted by Crippen LogP contribution is -1.96. The first kappa shape index (κ1) is 26.2. The van der Waals surface area contributed by atoms with Gasteiger partial charge in [-0.3, -0.25) is 0 Å². The zero-order chi connectivity index (χ0) is 25.3. The minimum Gasteiger partial charge on any atom is -0.0952 e. The maximum absolute atomic E-state index is 4.15. The predicted molar refractivity (Wildman–Crippen MR) is 159 cm³/mol. The molecular weight excluding hydrogens is 432 g/mol. The summed E-state index contributed by atoms with van der Waals surface area (Å²) in [7, 11) is 0. The number of hydrogen-bond acceptors (Lipinski definition) is 0. The highest BCUT2D eigenvalue weighted by Gasteiger charge is 2.03. The van der Waals surface area contributed by atoms with Gasteiger partial charge in [-0.15, -0.1) is 0 Å². The third-order valence-electron chi connectivity index (χ3n) is 5.53. The van der Waals surface area contributed by atoms with Crippen LogP contribution in [0.4, 0.5) is 0 Å². The van der Waals surface area contributed by atoms with Gasteiger partial charge in [-0.05, 0) is 46.2 Å². The van der Waals surface area contributed by atoms with Gasteiger partial charge >= 0.3 is 0 Å². The van der Waals surface area contributed by atoms with Crippen LogP contribution in [0.15, 0.2) is 170 Å². The van der Waals surface area contributed by atoms with Crippen molar-refractivity contribution in [3.8, 4) is 0 Å². The average Bonchev–Trinajstić information content (AvgIpc) is 2.93. The standard InChI is InChI=1S/C18H18.C18H16/c1-15(13-17-9-5-3-6-10-17)16(2)14-18-11-7-4-8-12-18;1(5-11-17-13-7-3-8-14-17)2-6-12-18-15-9-4-10-16-18/h3-12H,1-2,13-14H2;1-16H. The van der Waals surface area contributed by atoms with Gasteiger partial charge in [-0.25, -0.2) is 0 Å². The van der Waals surface area contributed by atoms with Gasteiger partial charge in [0.1, 0.15) is 0 Å². The van der Waals surface area contributed by atoms with Gasteiger partial charge < -0.3 is 0 Å². The third kappa shape index (κ3) is 10.2. The van der Waals surface area contributed by atoms with E-state index in [1.807, 2.05) is 72.8 Å². The smallest absolute Gasteiger partial charge is 0.00290 e. The fourth-order valence-corrected chi connectivity index (χ4v) is 3.52. The third-order valence-corrected chi connectivity index (χ3v) is 5.53. The zero-order valence-corrected chi connectivity index (χ0v) is 20.8. The van der Waals surface area contributed by atoms with Gasteiger partial charge in [0.2, 0.25) is 0 Å². The Kier molecular flexibility index (Phi) is 11.3. The molecule has 0 heterocycles. The Morgan fingerprint density at radius 3 is 1.06 bits per heavy atom. The molecule has 0 saturated carbocycles. The fourth-order valence-electron chi connectivity index (χ4n) is 3.52. The highest BCUT2D eigenvalue weighted by atomic mass is 14.1. The van der Waals surface area contributed by atoms with Crippen molar-refractivity contribution in [1.82, 2.24) is 0 Å². The van der Waals surface area contributed by atoms with Crippen LogP contribution in [0.1, 0.15) is 22.3 Å². The number of allylic oxidation sites excluding steroid dienone is 6. The maximum Gasteiger partial charge on any atom is -0.00290 e. The topological polar surface area (TPSA) is 0 Å². The van der Waals surface area contributed by atoms with Crippen LogP contribution in [0.3, 0.4) is 0 Å². The Bertz CT molecular complexity index is 1160. The van der Waals surface area contributed by atoms with Crippen molar-refractivity contribution in [2.24, 2.45) is 0 Å². The largest absolute Gasteiger partial charge is 0.0952 e. The van der Waals surface area contributed by atoms with Gasteiger partial charge in [0, 0.05) is 0 Å². The minimum atomic E-state index is 0.881. The summed E-state index contributed by atoms with van der Waals surface area (Å²) in [4.78, 5) is 0.